The first-order valence-electron chi connectivity index (χ1n) is 6.30. The van der Waals surface area contributed by atoms with Gasteiger partial charge in [0.25, 0.3) is 0 Å². The van der Waals surface area contributed by atoms with Crippen LogP contribution in [0.25, 0.3) is 0 Å². The van der Waals surface area contributed by atoms with Crippen LogP contribution >= 0.6 is 0 Å². The summed E-state index contributed by atoms with van der Waals surface area (Å²) in [5.41, 5.74) is 1.01. The fourth-order valence-electron chi connectivity index (χ4n) is 2.57. The smallest absolute Gasteiger partial charge is 0.128 e. The van der Waals surface area contributed by atoms with Crippen LogP contribution in [0.2, 0.25) is 0 Å². The monoisotopic (exact) mass is 232 g/mol. The molecule has 3 atom stereocenters. The van der Waals surface area contributed by atoms with E-state index in [4.69, 9.17) is 0 Å². The van der Waals surface area contributed by atoms with E-state index in [1.54, 1.807) is 0 Å². The van der Waals surface area contributed by atoms with Crippen molar-refractivity contribution in [3.63, 3.8) is 0 Å². The highest BCUT2D eigenvalue weighted by atomic mass is 16.3. The molecule has 1 N–H and O–H groups in total. The van der Waals surface area contributed by atoms with E-state index in [1.807, 2.05) is 30.3 Å². The van der Waals surface area contributed by atoms with Crippen molar-refractivity contribution in [2.75, 3.05) is 13.6 Å². The molecule has 1 aliphatic rings. The van der Waals surface area contributed by atoms with Crippen molar-refractivity contribution in [3.05, 3.63) is 48.0 Å². The van der Waals surface area contributed by atoms with Gasteiger partial charge in [0, 0.05) is 0 Å². The maximum atomic E-state index is 10.3. The molecule has 0 radical (unpaired) electrons. The van der Waals surface area contributed by atoms with Crippen molar-refractivity contribution in [1.29, 1.82) is 0 Å². The molecule has 0 saturated carbocycles. The summed E-state index contributed by atoms with van der Waals surface area (Å²) in [7, 11) is 2.22. The van der Waals surface area contributed by atoms with Crippen LogP contribution in [0.15, 0.2) is 42.5 Å². The molecule has 0 fully saturated rings. The summed E-state index contributed by atoms with van der Waals surface area (Å²) < 4.78 is 0.885. The van der Waals surface area contributed by atoms with Crippen molar-refractivity contribution < 1.29 is 9.59 Å². The van der Waals surface area contributed by atoms with Gasteiger partial charge in [0.15, 0.2) is 0 Å². The van der Waals surface area contributed by atoms with Gasteiger partial charge in [-0.1, -0.05) is 30.3 Å². The molecule has 0 aliphatic carbocycles. The van der Waals surface area contributed by atoms with Crippen molar-refractivity contribution in [1.82, 2.24) is 0 Å². The fourth-order valence-corrected chi connectivity index (χ4v) is 2.57. The van der Waals surface area contributed by atoms with Gasteiger partial charge >= 0.3 is 0 Å². The molecule has 2 nitrogen and oxygen atoms in total. The van der Waals surface area contributed by atoms with Gasteiger partial charge in [-0.3, -0.25) is 0 Å². The predicted molar refractivity (Wildman–Crippen MR) is 70.5 cm³/mol. The van der Waals surface area contributed by atoms with Crippen molar-refractivity contribution in [2.24, 2.45) is 0 Å². The molecular formula is C15H22NO+. The quantitative estimate of drug-likeness (QED) is 0.627. The summed E-state index contributed by atoms with van der Waals surface area (Å²) in [6.45, 7) is 5.20. The van der Waals surface area contributed by atoms with Crippen LogP contribution in [-0.2, 0) is 0 Å². The maximum absolute atomic E-state index is 10.3. The van der Waals surface area contributed by atoms with E-state index in [0.29, 0.717) is 12.1 Å². The largest absolute Gasteiger partial charge is 0.382 e. The van der Waals surface area contributed by atoms with E-state index in [9.17, 15) is 5.11 Å². The lowest BCUT2D eigenvalue weighted by Gasteiger charge is -2.40. The van der Waals surface area contributed by atoms with Crippen molar-refractivity contribution in [3.8, 4) is 0 Å². The lowest BCUT2D eigenvalue weighted by molar-refractivity contribution is -0.938. The van der Waals surface area contributed by atoms with Crippen LogP contribution in [0.5, 0.6) is 0 Å². The fraction of sp³-hybridized carbons (Fsp3) is 0.467. The van der Waals surface area contributed by atoms with E-state index >= 15 is 0 Å². The van der Waals surface area contributed by atoms with Crippen LogP contribution in [0, 0.1) is 0 Å². The summed E-state index contributed by atoms with van der Waals surface area (Å²) in [5.74, 6) is 0. The molecule has 0 amide bonds. The van der Waals surface area contributed by atoms with E-state index < -0.39 is 0 Å². The molecule has 1 aliphatic heterocycles. The van der Waals surface area contributed by atoms with Gasteiger partial charge in [-0.05, 0) is 31.6 Å². The van der Waals surface area contributed by atoms with Crippen molar-refractivity contribution >= 4 is 0 Å². The molecule has 1 aromatic carbocycles. The molecule has 17 heavy (non-hydrogen) atoms. The van der Waals surface area contributed by atoms with Crippen molar-refractivity contribution in [2.45, 2.75) is 32.0 Å². The Morgan fingerprint density at radius 1 is 1.12 bits per heavy atom. The van der Waals surface area contributed by atoms with E-state index in [0.717, 1.165) is 16.6 Å². The summed E-state index contributed by atoms with van der Waals surface area (Å²) in [4.78, 5) is 0. The van der Waals surface area contributed by atoms with Crippen LogP contribution in [0.4, 0.5) is 0 Å². The van der Waals surface area contributed by atoms with Gasteiger partial charge in [0.1, 0.15) is 24.7 Å². The zero-order valence-corrected chi connectivity index (χ0v) is 10.9. The second-order valence-electron chi connectivity index (χ2n) is 5.32. The molecule has 92 valence electrons. The lowest BCUT2D eigenvalue weighted by Crippen LogP contribution is -2.54. The van der Waals surface area contributed by atoms with Crippen LogP contribution in [0.1, 0.15) is 25.5 Å². The van der Waals surface area contributed by atoms with Crippen LogP contribution in [-0.4, -0.2) is 35.3 Å². The molecule has 0 saturated heterocycles. The lowest BCUT2D eigenvalue weighted by atomic mass is 10.1. The summed E-state index contributed by atoms with van der Waals surface area (Å²) >= 11 is 0. The second-order valence-corrected chi connectivity index (χ2v) is 5.32. The van der Waals surface area contributed by atoms with Gasteiger partial charge in [0.2, 0.25) is 0 Å². The van der Waals surface area contributed by atoms with Gasteiger partial charge in [-0.25, -0.2) is 0 Å². The Labute approximate surface area is 104 Å². The molecule has 1 aromatic rings. The van der Waals surface area contributed by atoms with Gasteiger partial charge < -0.3 is 9.59 Å². The third kappa shape index (κ3) is 2.28. The number of nitrogens with zero attached hydrogens (tertiary/aromatic N) is 1. The third-order valence-corrected chi connectivity index (χ3v) is 4.28. The van der Waals surface area contributed by atoms with E-state index in [-0.39, 0.29) is 6.10 Å². The van der Waals surface area contributed by atoms with Crippen LogP contribution < -0.4 is 0 Å². The number of rotatable bonds is 3. The first kappa shape index (κ1) is 12.3. The van der Waals surface area contributed by atoms with E-state index in [1.165, 1.54) is 0 Å². The Hall–Kier alpha value is -1.12. The first-order valence-corrected chi connectivity index (χ1v) is 6.30. The highest BCUT2D eigenvalue weighted by Gasteiger charge is 2.38. The van der Waals surface area contributed by atoms with Gasteiger partial charge in [-0.15, -0.1) is 0 Å². The normalized spacial score (nSPS) is 28.2. The SMILES string of the molecule is C[C@@H]1C=C[C@@H](C)[N+]1(C)C[C@H](O)c1ccccc1. The number of hydrogen-bond donors (Lipinski definition) is 1. The Bertz CT molecular complexity index is 387. The molecule has 2 rings (SSSR count). The zero-order chi connectivity index (χ0) is 12.5. The Morgan fingerprint density at radius 2 is 1.65 bits per heavy atom. The molecule has 0 bridgehead atoms. The Balaban J connectivity index is 2.11. The molecular weight excluding hydrogens is 210 g/mol. The van der Waals surface area contributed by atoms with Gasteiger partial charge in [-0.2, -0.15) is 0 Å². The molecule has 0 unspecified atom stereocenters. The predicted octanol–water partition coefficient (Wildman–Crippen LogP) is 2.51. The molecule has 1 heterocycles. The highest BCUT2D eigenvalue weighted by molar-refractivity contribution is 5.17. The molecule has 0 aromatic heterocycles. The average Bonchev–Trinajstić information content (AvgIpc) is 2.58. The standard InChI is InChI=1S/C15H22NO/c1-12-9-10-13(2)16(12,3)11-15(17)14-7-5-4-6-8-14/h4-10,12-13,15,17H,11H2,1-3H3/q+1/t12-,13-,15+/m1/s1. The minimum Gasteiger partial charge on any atom is -0.382 e. The number of aliphatic hydroxyl groups is 1. The second kappa shape index (κ2) is 4.63. The number of hydrogen-bond acceptors (Lipinski definition) is 1. The van der Waals surface area contributed by atoms with E-state index in [2.05, 4.69) is 33.0 Å². The first-order chi connectivity index (χ1) is 8.04. The number of likely N-dealkylation sites (N-methyl/N-ethyl adjacent to an activating group) is 1. The van der Waals surface area contributed by atoms with Gasteiger partial charge in [0.05, 0.1) is 7.05 Å². The topological polar surface area (TPSA) is 20.2 Å². The number of benzene rings is 1. The number of quaternary nitrogens is 1. The Morgan fingerprint density at radius 3 is 2.18 bits per heavy atom. The maximum Gasteiger partial charge on any atom is 0.128 e. The summed E-state index contributed by atoms with van der Waals surface area (Å²) in [5, 5.41) is 10.3. The third-order valence-electron chi connectivity index (χ3n) is 4.28. The zero-order valence-electron chi connectivity index (χ0n) is 10.9. The Kier molecular flexibility index (Phi) is 3.36. The summed E-state index contributed by atoms with van der Waals surface area (Å²) in [6, 6.07) is 10.9. The minimum atomic E-state index is -0.383. The molecule has 0 spiro atoms. The average molecular weight is 232 g/mol. The van der Waals surface area contributed by atoms with Crippen LogP contribution in [0.3, 0.4) is 0 Å². The molecule has 2 heteroatoms. The minimum absolute atomic E-state index is 0.383. The highest BCUT2D eigenvalue weighted by Crippen LogP contribution is 2.28. The number of aliphatic hydroxyl groups excluding tert-OH is 1. The summed E-state index contributed by atoms with van der Waals surface area (Å²) in [6.07, 6.45) is 4.12.